The number of carbonyl (C=O) groups excluding carboxylic acids is 1. The third kappa shape index (κ3) is 3.35. The van der Waals surface area contributed by atoms with Crippen LogP contribution in [-0.2, 0) is 19.7 Å². The lowest BCUT2D eigenvalue weighted by atomic mass is 9.97. The quantitative estimate of drug-likeness (QED) is 0.476. The monoisotopic (exact) mass is 412 g/mol. The van der Waals surface area contributed by atoms with E-state index in [9.17, 15) is 15.0 Å². The molecule has 31 heavy (non-hydrogen) atoms. The first-order valence-corrected chi connectivity index (χ1v) is 9.90. The molecule has 0 fully saturated rings. The van der Waals surface area contributed by atoms with Crippen molar-refractivity contribution in [3.8, 4) is 16.9 Å². The number of carbonyl (C=O) groups is 1. The fourth-order valence-corrected chi connectivity index (χ4v) is 4.10. The molecule has 4 N–H and O–H groups in total. The fourth-order valence-electron chi connectivity index (χ4n) is 4.10. The Bertz CT molecular complexity index is 1310. The summed E-state index contributed by atoms with van der Waals surface area (Å²) < 4.78 is 0. The third-order valence-corrected chi connectivity index (χ3v) is 5.61. The van der Waals surface area contributed by atoms with Gasteiger partial charge in [-0.1, -0.05) is 36.4 Å². The first-order chi connectivity index (χ1) is 15.0. The van der Waals surface area contributed by atoms with Crippen molar-refractivity contribution < 1.29 is 15.0 Å². The minimum absolute atomic E-state index is 0.0426. The Labute approximate surface area is 178 Å². The molecule has 0 saturated carbocycles. The van der Waals surface area contributed by atoms with Crippen LogP contribution in [0, 0.1) is 0 Å². The van der Waals surface area contributed by atoms with E-state index < -0.39 is 0 Å². The molecule has 1 aliphatic heterocycles. The molecule has 154 valence electrons. The number of phenolic OH excluding ortho intramolecular Hbond substituents is 1. The van der Waals surface area contributed by atoms with Crippen molar-refractivity contribution in [3.63, 3.8) is 0 Å². The van der Waals surface area contributed by atoms with Gasteiger partial charge in [-0.15, -0.1) is 0 Å². The second kappa shape index (κ2) is 7.37. The topological polar surface area (TPSA) is 113 Å². The summed E-state index contributed by atoms with van der Waals surface area (Å²) in [4.78, 5) is 23.7. The van der Waals surface area contributed by atoms with E-state index in [0.29, 0.717) is 29.6 Å². The standard InChI is InChI=1S/C24H20N4O3/c25-24-26-21-8-5-14(19-7-6-18(30)9-17(19)13-29)10-20(21)22(27-24)23(31)28-11-15-3-1-2-4-16(15)12-28/h1-10,29-30H,11-13H2,(H2,25,26,27). The summed E-state index contributed by atoms with van der Waals surface area (Å²) in [7, 11) is 0. The van der Waals surface area contributed by atoms with Gasteiger partial charge in [-0.25, -0.2) is 9.97 Å². The second-order valence-electron chi connectivity index (χ2n) is 7.59. The second-order valence-corrected chi connectivity index (χ2v) is 7.59. The summed E-state index contributed by atoms with van der Waals surface area (Å²) in [5, 5.41) is 20.0. The number of aliphatic hydroxyl groups excluding tert-OH is 1. The van der Waals surface area contributed by atoms with Gasteiger partial charge in [0.2, 0.25) is 5.95 Å². The van der Waals surface area contributed by atoms with Crippen molar-refractivity contribution in [2.24, 2.45) is 0 Å². The summed E-state index contributed by atoms with van der Waals surface area (Å²) in [6.07, 6.45) is 0. The highest BCUT2D eigenvalue weighted by atomic mass is 16.3. The molecule has 1 aliphatic rings. The maximum Gasteiger partial charge on any atom is 0.273 e. The molecule has 0 unspecified atom stereocenters. The van der Waals surface area contributed by atoms with Crippen LogP contribution >= 0.6 is 0 Å². The van der Waals surface area contributed by atoms with Gasteiger partial charge < -0.3 is 20.8 Å². The Hall–Kier alpha value is -3.97. The normalized spacial score (nSPS) is 12.9. The number of hydrogen-bond acceptors (Lipinski definition) is 6. The highest BCUT2D eigenvalue weighted by Crippen LogP contribution is 2.31. The number of benzene rings is 3. The Morgan fingerprint density at radius 3 is 2.45 bits per heavy atom. The Balaban J connectivity index is 1.60. The summed E-state index contributed by atoms with van der Waals surface area (Å²) in [6.45, 7) is 0.817. The number of nitrogens with zero attached hydrogens (tertiary/aromatic N) is 3. The predicted molar refractivity (Wildman–Crippen MR) is 117 cm³/mol. The summed E-state index contributed by atoms with van der Waals surface area (Å²) >= 11 is 0. The molecule has 0 aliphatic carbocycles. The van der Waals surface area contributed by atoms with Crippen molar-refractivity contribution in [2.75, 3.05) is 5.73 Å². The number of amides is 1. The van der Waals surface area contributed by atoms with E-state index >= 15 is 0 Å². The molecular weight excluding hydrogens is 392 g/mol. The average Bonchev–Trinajstić information content (AvgIpc) is 3.22. The van der Waals surface area contributed by atoms with Crippen molar-refractivity contribution in [1.29, 1.82) is 0 Å². The smallest absolute Gasteiger partial charge is 0.273 e. The summed E-state index contributed by atoms with van der Waals surface area (Å²) in [5.74, 6) is -0.0873. The summed E-state index contributed by atoms with van der Waals surface area (Å²) in [6, 6.07) is 18.3. The number of anilines is 1. The zero-order valence-electron chi connectivity index (χ0n) is 16.6. The van der Waals surface area contributed by atoms with Gasteiger partial charge in [0.05, 0.1) is 12.1 Å². The molecule has 1 amide bonds. The maximum absolute atomic E-state index is 13.4. The third-order valence-electron chi connectivity index (χ3n) is 5.61. The van der Waals surface area contributed by atoms with Crippen LogP contribution in [0.25, 0.3) is 22.0 Å². The average molecular weight is 412 g/mol. The minimum Gasteiger partial charge on any atom is -0.508 e. The zero-order valence-corrected chi connectivity index (χ0v) is 16.6. The number of aliphatic hydroxyl groups is 1. The molecule has 3 aromatic carbocycles. The predicted octanol–water partition coefficient (Wildman–Crippen LogP) is 3.23. The van der Waals surface area contributed by atoms with Crippen LogP contribution in [0.5, 0.6) is 5.75 Å². The molecule has 0 atom stereocenters. The molecule has 0 spiro atoms. The molecule has 7 nitrogen and oxygen atoms in total. The molecular formula is C24H20N4O3. The molecule has 7 heteroatoms. The largest absolute Gasteiger partial charge is 0.508 e. The number of rotatable bonds is 3. The van der Waals surface area contributed by atoms with Crippen molar-refractivity contribution >= 4 is 22.8 Å². The van der Waals surface area contributed by atoms with Gasteiger partial charge in [-0.3, -0.25) is 4.79 Å². The van der Waals surface area contributed by atoms with E-state index in [-0.39, 0.29) is 29.9 Å². The molecule has 0 bridgehead atoms. The number of hydrogen-bond donors (Lipinski definition) is 3. The van der Waals surface area contributed by atoms with Crippen LogP contribution in [0.2, 0.25) is 0 Å². The van der Waals surface area contributed by atoms with Crippen LogP contribution < -0.4 is 5.73 Å². The number of aromatic nitrogens is 2. The van der Waals surface area contributed by atoms with E-state index in [1.807, 2.05) is 36.4 Å². The zero-order chi connectivity index (χ0) is 21.5. The summed E-state index contributed by atoms with van der Waals surface area (Å²) in [5.41, 5.74) is 11.1. The van der Waals surface area contributed by atoms with Crippen LogP contribution in [0.3, 0.4) is 0 Å². The first kappa shape index (κ1) is 19.0. The Morgan fingerprint density at radius 2 is 1.74 bits per heavy atom. The van der Waals surface area contributed by atoms with Crippen molar-refractivity contribution in [3.05, 3.63) is 83.0 Å². The van der Waals surface area contributed by atoms with Crippen LogP contribution in [0.4, 0.5) is 5.95 Å². The lowest BCUT2D eigenvalue weighted by Gasteiger charge is -2.17. The van der Waals surface area contributed by atoms with Gasteiger partial charge in [0.25, 0.3) is 5.91 Å². The molecule has 4 aromatic rings. The number of nitrogen functional groups attached to an aromatic ring is 1. The Morgan fingerprint density at radius 1 is 1.00 bits per heavy atom. The lowest BCUT2D eigenvalue weighted by Crippen LogP contribution is -2.27. The maximum atomic E-state index is 13.4. The van der Waals surface area contributed by atoms with E-state index in [4.69, 9.17) is 5.73 Å². The minimum atomic E-state index is -0.224. The lowest BCUT2D eigenvalue weighted by molar-refractivity contribution is 0.0747. The van der Waals surface area contributed by atoms with E-state index in [0.717, 1.165) is 22.3 Å². The number of fused-ring (bicyclic) bond motifs is 2. The van der Waals surface area contributed by atoms with Gasteiger partial charge in [0, 0.05) is 18.5 Å². The molecule has 5 rings (SSSR count). The number of nitrogens with two attached hydrogens (primary N) is 1. The highest BCUT2D eigenvalue weighted by molar-refractivity contribution is 6.06. The van der Waals surface area contributed by atoms with Gasteiger partial charge in [0.1, 0.15) is 11.4 Å². The van der Waals surface area contributed by atoms with Gasteiger partial charge in [-0.05, 0) is 52.1 Å². The molecule has 0 radical (unpaired) electrons. The molecule has 0 saturated heterocycles. The van der Waals surface area contributed by atoms with Crippen molar-refractivity contribution in [2.45, 2.75) is 19.7 Å². The van der Waals surface area contributed by atoms with Gasteiger partial charge >= 0.3 is 0 Å². The SMILES string of the molecule is Nc1nc(C(=O)N2Cc3ccccc3C2)c2cc(-c3ccc(O)cc3CO)ccc2n1. The highest BCUT2D eigenvalue weighted by Gasteiger charge is 2.27. The first-order valence-electron chi connectivity index (χ1n) is 9.90. The van der Waals surface area contributed by atoms with E-state index in [2.05, 4.69) is 9.97 Å². The van der Waals surface area contributed by atoms with Crippen LogP contribution in [0.1, 0.15) is 27.2 Å². The fraction of sp³-hybridized carbons (Fsp3) is 0.125. The van der Waals surface area contributed by atoms with Gasteiger partial charge in [-0.2, -0.15) is 0 Å². The number of phenols is 1. The van der Waals surface area contributed by atoms with Crippen LogP contribution in [-0.4, -0.2) is 31.0 Å². The molecule has 1 aromatic heterocycles. The number of aromatic hydroxyl groups is 1. The molecule has 2 heterocycles. The Kier molecular flexibility index (Phi) is 4.52. The van der Waals surface area contributed by atoms with Gasteiger partial charge in [0.15, 0.2) is 0 Å². The van der Waals surface area contributed by atoms with Crippen molar-refractivity contribution in [1.82, 2.24) is 14.9 Å². The van der Waals surface area contributed by atoms with E-state index in [1.54, 1.807) is 23.1 Å². The van der Waals surface area contributed by atoms with Crippen LogP contribution in [0.15, 0.2) is 60.7 Å². The van der Waals surface area contributed by atoms with E-state index in [1.165, 1.54) is 6.07 Å².